The molecule has 0 aliphatic heterocycles. The molecule has 0 aliphatic rings. The predicted octanol–water partition coefficient (Wildman–Crippen LogP) is 1.24. The number of carbonyl (C=O) groups is 1. The van der Waals surface area contributed by atoms with E-state index in [1.54, 1.807) is 24.3 Å². The molecule has 1 aromatic carbocycles. The Hall–Kier alpha value is -1.35. The molecule has 3 N–H and O–H groups in total. The lowest BCUT2D eigenvalue weighted by molar-refractivity contribution is -0.118. The minimum absolute atomic E-state index is 0.195. The summed E-state index contributed by atoms with van der Waals surface area (Å²) < 4.78 is 0. The van der Waals surface area contributed by atoms with Crippen molar-refractivity contribution in [3.63, 3.8) is 0 Å². The minimum atomic E-state index is 0.195. The fraction of sp³-hybridized carbons (Fsp3) is 0.364. The van der Waals surface area contributed by atoms with Crippen molar-refractivity contribution in [1.82, 2.24) is 0 Å². The summed E-state index contributed by atoms with van der Waals surface area (Å²) in [6.45, 7) is 0.557. The molecule has 0 bridgehead atoms. The summed E-state index contributed by atoms with van der Waals surface area (Å²) in [5.41, 5.74) is 6.24. The van der Waals surface area contributed by atoms with Gasteiger partial charge >= 0.3 is 0 Å². The van der Waals surface area contributed by atoms with E-state index in [0.29, 0.717) is 19.4 Å². The molecular weight excluding hydrogens is 178 g/mol. The fourth-order valence-corrected chi connectivity index (χ4v) is 1.23. The van der Waals surface area contributed by atoms with Crippen molar-refractivity contribution in [2.24, 2.45) is 5.73 Å². The van der Waals surface area contributed by atoms with Crippen LogP contribution in [-0.4, -0.2) is 17.4 Å². The van der Waals surface area contributed by atoms with Crippen molar-refractivity contribution in [2.45, 2.75) is 19.3 Å². The molecule has 0 radical (unpaired) electrons. The van der Waals surface area contributed by atoms with Gasteiger partial charge in [0.2, 0.25) is 0 Å². The molecule has 76 valence electrons. The third kappa shape index (κ3) is 3.58. The minimum Gasteiger partial charge on any atom is -0.508 e. The van der Waals surface area contributed by atoms with Crippen LogP contribution in [0.25, 0.3) is 0 Å². The van der Waals surface area contributed by atoms with Crippen LogP contribution >= 0.6 is 0 Å². The number of nitrogens with two attached hydrogens (primary N) is 1. The lowest BCUT2D eigenvalue weighted by atomic mass is 10.1. The summed E-state index contributed by atoms with van der Waals surface area (Å²) in [6, 6.07) is 6.70. The van der Waals surface area contributed by atoms with Crippen molar-refractivity contribution in [2.75, 3.05) is 6.54 Å². The van der Waals surface area contributed by atoms with Crippen LogP contribution < -0.4 is 5.73 Å². The van der Waals surface area contributed by atoms with Crippen molar-refractivity contribution >= 4 is 5.78 Å². The third-order valence-electron chi connectivity index (χ3n) is 2.00. The van der Waals surface area contributed by atoms with Gasteiger partial charge in [-0.05, 0) is 30.7 Å². The van der Waals surface area contributed by atoms with Crippen LogP contribution in [0.15, 0.2) is 24.3 Å². The first-order valence-electron chi connectivity index (χ1n) is 4.72. The summed E-state index contributed by atoms with van der Waals surface area (Å²) in [5.74, 6) is 0.421. The summed E-state index contributed by atoms with van der Waals surface area (Å²) in [6.07, 6.45) is 1.72. The molecule has 0 aliphatic carbocycles. The molecule has 0 saturated heterocycles. The van der Waals surface area contributed by atoms with E-state index in [2.05, 4.69) is 0 Å². The van der Waals surface area contributed by atoms with Crippen LogP contribution in [-0.2, 0) is 11.2 Å². The highest BCUT2D eigenvalue weighted by molar-refractivity contribution is 5.80. The van der Waals surface area contributed by atoms with Gasteiger partial charge in [0.15, 0.2) is 0 Å². The molecule has 0 unspecified atom stereocenters. The molecule has 0 saturated carbocycles. The van der Waals surface area contributed by atoms with Crippen LogP contribution in [0.4, 0.5) is 0 Å². The van der Waals surface area contributed by atoms with Crippen LogP contribution in [0.1, 0.15) is 18.4 Å². The van der Waals surface area contributed by atoms with E-state index in [1.165, 1.54) is 0 Å². The van der Waals surface area contributed by atoms with Gasteiger partial charge in [-0.1, -0.05) is 12.1 Å². The van der Waals surface area contributed by atoms with Crippen molar-refractivity contribution in [3.05, 3.63) is 29.8 Å². The first-order valence-corrected chi connectivity index (χ1v) is 4.72. The smallest absolute Gasteiger partial charge is 0.137 e. The van der Waals surface area contributed by atoms with Gasteiger partial charge in [0.05, 0.1) is 0 Å². The number of phenols is 1. The number of aromatic hydroxyl groups is 1. The second kappa shape index (κ2) is 5.40. The summed E-state index contributed by atoms with van der Waals surface area (Å²) in [5, 5.41) is 9.03. The highest BCUT2D eigenvalue weighted by Gasteiger charge is 2.02. The zero-order valence-corrected chi connectivity index (χ0v) is 8.07. The Morgan fingerprint density at radius 3 is 2.50 bits per heavy atom. The molecule has 0 spiro atoms. The molecule has 3 heteroatoms. The number of carbonyl (C=O) groups excluding carboxylic acids is 1. The molecule has 14 heavy (non-hydrogen) atoms. The maximum atomic E-state index is 11.3. The van der Waals surface area contributed by atoms with E-state index in [0.717, 1.165) is 12.0 Å². The Labute approximate surface area is 83.6 Å². The van der Waals surface area contributed by atoms with E-state index in [4.69, 9.17) is 10.8 Å². The maximum Gasteiger partial charge on any atom is 0.137 e. The van der Waals surface area contributed by atoms with Crippen molar-refractivity contribution in [1.29, 1.82) is 0 Å². The normalized spacial score (nSPS) is 10.1. The van der Waals surface area contributed by atoms with Crippen molar-refractivity contribution in [3.8, 4) is 5.75 Å². The topological polar surface area (TPSA) is 63.3 Å². The second-order valence-corrected chi connectivity index (χ2v) is 3.27. The van der Waals surface area contributed by atoms with E-state index >= 15 is 0 Å². The number of hydrogen-bond acceptors (Lipinski definition) is 3. The van der Waals surface area contributed by atoms with E-state index in [9.17, 15) is 4.79 Å². The second-order valence-electron chi connectivity index (χ2n) is 3.27. The monoisotopic (exact) mass is 193 g/mol. The average molecular weight is 193 g/mol. The maximum absolute atomic E-state index is 11.3. The van der Waals surface area contributed by atoms with Gasteiger partial charge in [-0.15, -0.1) is 0 Å². The highest BCUT2D eigenvalue weighted by Crippen LogP contribution is 2.10. The van der Waals surface area contributed by atoms with E-state index in [1.807, 2.05) is 0 Å². The van der Waals surface area contributed by atoms with Crippen LogP contribution in [0.3, 0.4) is 0 Å². The fourth-order valence-electron chi connectivity index (χ4n) is 1.23. The quantitative estimate of drug-likeness (QED) is 0.739. The van der Waals surface area contributed by atoms with Gasteiger partial charge in [-0.3, -0.25) is 4.79 Å². The number of hydrogen-bond donors (Lipinski definition) is 2. The lowest BCUT2D eigenvalue weighted by Gasteiger charge is -2.00. The molecule has 1 rings (SSSR count). The average Bonchev–Trinajstić information content (AvgIpc) is 2.18. The SMILES string of the molecule is NCCCC(=O)Cc1ccc(O)cc1. The van der Waals surface area contributed by atoms with Gasteiger partial charge in [-0.25, -0.2) is 0 Å². The standard InChI is InChI=1S/C11H15NO2/c12-7-1-2-11(14)8-9-3-5-10(13)6-4-9/h3-6,13H,1-2,7-8,12H2. The summed E-state index contributed by atoms with van der Waals surface area (Å²) in [7, 11) is 0. The van der Waals surface area contributed by atoms with Gasteiger partial charge in [0.25, 0.3) is 0 Å². The van der Waals surface area contributed by atoms with E-state index < -0.39 is 0 Å². The van der Waals surface area contributed by atoms with Crippen LogP contribution in [0, 0.1) is 0 Å². The molecule has 0 fully saturated rings. The Kier molecular flexibility index (Phi) is 4.13. The number of benzene rings is 1. The first-order chi connectivity index (χ1) is 6.72. The predicted molar refractivity (Wildman–Crippen MR) is 55.1 cm³/mol. The van der Waals surface area contributed by atoms with Gasteiger partial charge in [-0.2, -0.15) is 0 Å². The zero-order chi connectivity index (χ0) is 10.4. The lowest BCUT2D eigenvalue weighted by Crippen LogP contribution is -2.06. The summed E-state index contributed by atoms with van der Waals surface area (Å²) in [4.78, 5) is 11.3. The van der Waals surface area contributed by atoms with Gasteiger partial charge in [0, 0.05) is 12.8 Å². The Morgan fingerprint density at radius 1 is 1.29 bits per heavy atom. The Balaban J connectivity index is 2.44. The molecule has 3 nitrogen and oxygen atoms in total. The summed E-state index contributed by atoms with van der Waals surface area (Å²) >= 11 is 0. The first kappa shape index (κ1) is 10.7. The molecule has 0 heterocycles. The van der Waals surface area contributed by atoms with E-state index in [-0.39, 0.29) is 11.5 Å². The van der Waals surface area contributed by atoms with Gasteiger partial charge < -0.3 is 10.8 Å². The molecule has 0 amide bonds. The Morgan fingerprint density at radius 2 is 1.93 bits per heavy atom. The number of Topliss-reactive ketones (excluding diaryl/α,β-unsaturated/α-hetero) is 1. The number of phenolic OH excluding ortho intramolecular Hbond substituents is 1. The Bertz CT molecular complexity index is 293. The zero-order valence-electron chi connectivity index (χ0n) is 8.07. The number of ketones is 1. The largest absolute Gasteiger partial charge is 0.508 e. The third-order valence-corrected chi connectivity index (χ3v) is 2.00. The molecule has 1 aromatic rings. The van der Waals surface area contributed by atoms with Gasteiger partial charge in [0.1, 0.15) is 11.5 Å². The van der Waals surface area contributed by atoms with Crippen LogP contribution in [0.2, 0.25) is 0 Å². The molecular formula is C11H15NO2. The van der Waals surface area contributed by atoms with Crippen molar-refractivity contribution < 1.29 is 9.90 Å². The molecule has 0 aromatic heterocycles. The van der Waals surface area contributed by atoms with Crippen LogP contribution in [0.5, 0.6) is 5.75 Å². The molecule has 0 atom stereocenters. The highest BCUT2D eigenvalue weighted by atomic mass is 16.3. The number of rotatable bonds is 5.